The summed E-state index contributed by atoms with van der Waals surface area (Å²) >= 11 is 0. The first-order chi connectivity index (χ1) is 16.2. The van der Waals surface area contributed by atoms with Crippen molar-refractivity contribution in [1.29, 1.82) is 0 Å². The third-order valence-corrected chi connectivity index (χ3v) is 4.54. The number of aromatic nitrogens is 2. The Morgan fingerprint density at radius 3 is 2.20 bits per heavy atom. The van der Waals surface area contributed by atoms with Crippen LogP contribution in [0.1, 0.15) is 53.2 Å². The lowest BCUT2D eigenvalue weighted by Crippen LogP contribution is -2.57. The van der Waals surface area contributed by atoms with Crippen LogP contribution < -0.4 is 27.4 Å². The summed E-state index contributed by atoms with van der Waals surface area (Å²) in [4.78, 5) is 68.2. The van der Waals surface area contributed by atoms with Gasteiger partial charge >= 0.3 is 5.97 Å². The van der Waals surface area contributed by atoms with Crippen LogP contribution in [0.15, 0.2) is 12.5 Å². The molecule has 0 aliphatic rings. The number of esters is 1. The second-order valence-electron chi connectivity index (χ2n) is 9.61. The molecule has 0 fully saturated rings. The van der Waals surface area contributed by atoms with Crippen molar-refractivity contribution in [3.63, 3.8) is 0 Å². The van der Waals surface area contributed by atoms with E-state index in [2.05, 4.69) is 25.9 Å². The number of imidazole rings is 1. The number of rotatable bonds is 13. The highest BCUT2D eigenvalue weighted by Gasteiger charge is 2.30. The van der Waals surface area contributed by atoms with Crippen molar-refractivity contribution in [3.05, 3.63) is 18.2 Å². The zero-order valence-electron chi connectivity index (χ0n) is 20.8. The van der Waals surface area contributed by atoms with Gasteiger partial charge in [-0.25, -0.2) is 4.98 Å². The Hall–Kier alpha value is -3.48. The molecule has 0 bridgehead atoms. The molecule has 13 nitrogen and oxygen atoms in total. The largest absolute Gasteiger partial charge is 0.459 e. The summed E-state index contributed by atoms with van der Waals surface area (Å²) in [5.74, 6) is -3.55. The van der Waals surface area contributed by atoms with Crippen LogP contribution in [-0.2, 0) is 35.1 Å². The molecule has 0 saturated heterocycles. The Balaban J connectivity index is 2.84. The number of primary amides is 1. The minimum Gasteiger partial charge on any atom is -0.459 e. The zero-order chi connectivity index (χ0) is 26.8. The molecule has 35 heavy (non-hydrogen) atoms. The lowest BCUT2D eigenvalue weighted by molar-refractivity contribution is -0.154. The highest BCUT2D eigenvalue weighted by Crippen LogP contribution is 2.08. The molecule has 1 aromatic rings. The van der Waals surface area contributed by atoms with Crippen molar-refractivity contribution in [3.8, 4) is 0 Å². The molecule has 8 N–H and O–H groups in total. The molecule has 0 aliphatic heterocycles. The van der Waals surface area contributed by atoms with E-state index in [4.69, 9.17) is 16.2 Å². The van der Waals surface area contributed by atoms with E-state index in [0.717, 1.165) is 0 Å². The van der Waals surface area contributed by atoms with E-state index >= 15 is 0 Å². The number of hydrogen-bond donors (Lipinski definition) is 6. The molecular formula is C22H37N7O6. The van der Waals surface area contributed by atoms with E-state index in [1.807, 2.05) is 13.8 Å². The molecule has 3 atom stereocenters. The molecule has 1 heterocycles. The number of H-pyrrole nitrogens is 1. The molecular weight excluding hydrogens is 458 g/mol. The van der Waals surface area contributed by atoms with Gasteiger partial charge in [0.25, 0.3) is 0 Å². The number of ether oxygens (including phenoxy) is 1. The Labute approximate surface area is 204 Å². The quantitative estimate of drug-likeness (QED) is 0.179. The predicted molar refractivity (Wildman–Crippen MR) is 126 cm³/mol. The first-order valence-corrected chi connectivity index (χ1v) is 11.3. The van der Waals surface area contributed by atoms with Gasteiger partial charge in [0.1, 0.15) is 24.2 Å². The smallest absolute Gasteiger partial charge is 0.325 e. The number of amides is 4. The fourth-order valence-electron chi connectivity index (χ4n) is 3.05. The Morgan fingerprint density at radius 1 is 1.06 bits per heavy atom. The van der Waals surface area contributed by atoms with Gasteiger partial charge in [0.2, 0.25) is 23.6 Å². The second-order valence-corrected chi connectivity index (χ2v) is 9.61. The van der Waals surface area contributed by atoms with E-state index in [-0.39, 0.29) is 25.3 Å². The molecule has 13 heteroatoms. The van der Waals surface area contributed by atoms with Crippen LogP contribution in [0.4, 0.5) is 0 Å². The van der Waals surface area contributed by atoms with Crippen LogP contribution in [0, 0.1) is 5.92 Å². The summed E-state index contributed by atoms with van der Waals surface area (Å²) in [6, 6.07) is -3.40. The van der Waals surface area contributed by atoms with Gasteiger partial charge in [-0.05, 0) is 33.1 Å². The van der Waals surface area contributed by atoms with E-state index < -0.39 is 59.7 Å². The van der Waals surface area contributed by atoms with Gasteiger partial charge in [-0.1, -0.05) is 13.8 Å². The Morgan fingerprint density at radius 2 is 1.69 bits per heavy atom. The van der Waals surface area contributed by atoms with Crippen LogP contribution in [0.5, 0.6) is 0 Å². The SMILES string of the molecule is CC(C)C[C@@H](NC(=O)[C@H](CC(N)=O)NC(=O)[C@H](N)Cc1cnc[nH]1)C(=O)NCC(=O)OC(C)(C)C. The average molecular weight is 496 g/mol. The normalized spacial score (nSPS) is 13.9. The van der Waals surface area contributed by atoms with Gasteiger partial charge in [0.15, 0.2) is 0 Å². The highest BCUT2D eigenvalue weighted by atomic mass is 16.6. The standard InChI is InChI=1S/C22H37N7O6/c1-12(2)6-15(20(33)26-10-18(31)35-22(3,4)5)29-21(34)16(8-17(24)30)28-19(32)14(23)7-13-9-25-11-27-13/h9,11-12,14-16H,6-8,10,23H2,1-5H3,(H2,24,30)(H,25,27)(H,26,33)(H,28,32)(H,29,34)/t14-,15-,16+/m1/s1. The Bertz CT molecular complexity index is 879. The third-order valence-electron chi connectivity index (χ3n) is 4.54. The molecule has 0 spiro atoms. The highest BCUT2D eigenvalue weighted by molar-refractivity contribution is 5.96. The maximum atomic E-state index is 12.9. The van der Waals surface area contributed by atoms with Crippen LogP contribution in [0.2, 0.25) is 0 Å². The zero-order valence-corrected chi connectivity index (χ0v) is 20.8. The third kappa shape index (κ3) is 12.0. The van der Waals surface area contributed by atoms with Gasteiger partial charge in [0.05, 0.1) is 18.8 Å². The molecule has 0 aliphatic carbocycles. The fraction of sp³-hybridized carbons (Fsp3) is 0.636. The lowest BCUT2D eigenvalue weighted by Gasteiger charge is -2.25. The van der Waals surface area contributed by atoms with Crippen molar-refractivity contribution in [2.75, 3.05) is 6.54 Å². The van der Waals surface area contributed by atoms with E-state index in [1.54, 1.807) is 20.8 Å². The molecule has 0 unspecified atom stereocenters. The number of carbonyl (C=O) groups excluding carboxylic acids is 5. The monoisotopic (exact) mass is 495 g/mol. The van der Waals surface area contributed by atoms with E-state index in [0.29, 0.717) is 5.69 Å². The average Bonchev–Trinajstić information content (AvgIpc) is 3.21. The van der Waals surface area contributed by atoms with Crippen molar-refractivity contribution in [2.45, 2.75) is 77.6 Å². The molecule has 196 valence electrons. The maximum Gasteiger partial charge on any atom is 0.325 e. The van der Waals surface area contributed by atoms with E-state index in [9.17, 15) is 24.0 Å². The summed E-state index contributed by atoms with van der Waals surface area (Å²) in [6.07, 6.45) is 2.81. The molecule has 1 aromatic heterocycles. The van der Waals surface area contributed by atoms with Crippen LogP contribution in [-0.4, -0.2) is 69.8 Å². The number of carbonyl (C=O) groups is 5. The second kappa shape index (κ2) is 13.4. The lowest BCUT2D eigenvalue weighted by atomic mass is 10.0. The van der Waals surface area contributed by atoms with Crippen molar-refractivity contribution < 1.29 is 28.7 Å². The number of aromatic amines is 1. The number of nitrogens with two attached hydrogens (primary N) is 2. The van der Waals surface area contributed by atoms with Crippen LogP contribution >= 0.6 is 0 Å². The topological polar surface area (TPSA) is 211 Å². The Kier molecular flexibility index (Phi) is 11.3. The molecule has 0 aromatic carbocycles. The minimum absolute atomic E-state index is 0.000384. The fourth-order valence-corrected chi connectivity index (χ4v) is 3.05. The molecule has 0 saturated carbocycles. The van der Waals surface area contributed by atoms with E-state index in [1.165, 1.54) is 12.5 Å². The van der Waals surface area contributed by atoms with Gasteiger partial charge in [-0.2, -0.15) is 0 Å². The van der Waals surface area contributed by atoms with Crippen LogP contribution in [0.3, 0.4) is 0 Å². The predicted octanol–water partition coefficient (Wildman–Crippen LogP) is -1.37. The van der Waals surface area contributed by atoms with Gasteiger partial charge < -0.3 is 37.1 Å². The summed E-state index contributed by atoms with van der Waals surface area (Å²) in [6.45, 7) is 8.40. The molecule has 4 amide bonds. The first kappa shape index (κ1) is 29.6. The summed E-state index contributed by atoms with van der Waals surface area (Å²) < 4.78 is 5.16. The van der Waals surface area contributed by atoms with Gasteiger partial charge in [-0.3, -0.25) is 24.0 Å². The van der Waals surface area contributed by atoms with Crippen LogP contribution in [0.25, 0.3) is 0 Å². The van der Waals surface area contributed by atoms with Gasteiger partial charge in [-0.15, -0.1) is 0 Å². The maximum absolute atomic E-state index is 12.9. The number of nitrogens with one attached hydrogen (secondary N) is 4. The minimum atomic E-state index is -1.35. The number of hydrogen-bond acceptors (Lipinski definition) is 8. The molecule has 1 rings (SSSR count). The summed E-state index contributed by atoms with van der Waals surface area (Å²) in [5.41, 5.74) is 11.0. The van der Waals surface area contributed by atoms with Crippen molar-refractivity contribution >= 4 is 29.6 Å². The first-order valence-electron chi connectivity index (χ1n) is 11.3. The van der Waals surface area contributed by atoms with Crippen molar-refractivity contribution in [2.24, 2.45) is 17.4 Å². The van der Waals surface area contributed by atoms with Crippen molar-refractivity contribution in [1.82, 2.24) is 25.9 Å². The van der Waals surface area contributed by atoms with Gasteiger partial charge in [0, 0.05) is 18.3 Å². The summed E-state index contributed by atoms with van der Waals surface area (Å²) in [7, 11) is 0. The number of nitrogens with zero attached hydrogens (tertiary/aromatic N) is 1. The molecule has 0 radical (unpaired) electrons. The summed E-state index contributed by atoms with van der Waals surface area (Å²) in [5, 5.41) is 7.39.